The fourth-order valence-corrected chi connectivity index (χ4v) is 1.69. The van der Waals surface area contributed by atoms with Crippen molar-refractivity contribution in [2.75, 3.05) is 6.61 Å². The molecule has 0 amide bonds. The summed E-state index contributed by atoms with van der Waals surface area (Å²) in [5, 5.41) is 0. The van der Waals surface area contributed by atoms with E-state index in [1.54, 1.807) is 0 Å². The van der Waals surface area contributed by atoms with Crippen LogP contribution in [0.5, 0.6) is 5.75 Å². The van der Waals surface area contributed by atoms with Gasteiger partial charge in [0.25, 0.3) is 0 Å². The van der Waals surface area contributed by atoms with Crippen LogP contribution in [0.2, 0.25) is 0 Å². The number of aromatic nitrogens is 1. The Morgan fingerprint density at radius 3 is 2.28 bits per heavy atom. The van der Waals surface area contributed by atoms with Gasteiger partial charge >= 0.3 is 0 Å². The van der Waals surface area contributed by atoms with E-state index in [0.29, 0.717) is 6.61 Å². The number of aryl methyl sites for hydroxylation is 1. The van der Waals surface area contributed by atoms with Crippen LogP contribution in [0.3, 0.4) is 0 Å². The minimum atomic E-state index is 0.700. The van der Waals surface area contributed by atoms with Crippen molar-refractivity contribution in [2.45, 2.75) is 27.7 Å². The van der Waals surface area contributed by atoms with Crippen LogP contribution in [0.4, 0.5) is 0 Å². The number of pyridine rings is 1. The Labute approximate surface area is 110 Å². The summed E-state index contributed by atoms with van der Waals surface area (Å²) in [5.74, 6) is 0.910. The minimum absolute atomic E-state index is 0.700. The molecular formula is C16H21NO. The molecule has 96 valence electrons. The Morgan fingerprint density at radius 2 is 1.72 bits per heavy atom. The third-order valence-electron chi connectivity index (χ3n) is 2.48. The van der Waals surface area contributed by atoms with Crippen molar-refractivity contribution in [1.82, 2.24) is 4.98 Å². The monoisotopic (exact) mass is 243 g/mol. The highest BCUT2D eigenvalue weighted by molar-refractivity contribution is 5.66. The fourth-order valence-electron chi connectivity index (χ4n) is 1.69. The van der Waals surface area contributed by atoms with Gasteiger partial charge in [-0.25, -0.2) is 0 Å². The van der Waals surface area contributed by atoms with Crippen molar-refractivity contribution in [2.24, 2.45) is 0 Å². The molecule has 1 aromatic heterocycles. The molecule has 2 rings (SSSR count). The number of ether oxygens (including phenoxy) is 1. The molecule has 2 heteroatoms. The Balaban J connectivity index is 0.000000771. The first kappa shape index (κ1) is 14.2. The standard InChI is InChI=1S/C14H15NO.C2H6/c1-3-16-13-8-6-12(7-9-13)14-5-4-10-15-11(14)2;1-2/h4-10H,3H2,1-2H3;1-2H3. The zero-order valence-electron chi connectivity index (χ0n) is 11.6. The average molecular weight is 243 g/mol. The van der Waals surface area contributed by atoms with Crippen LogP contribution in [-0.4, -0.2) is 11.6 Å². The minimum Gasteiger partial charge on any atom is -0.494 e. The summed E-state index contributed by atoms with van der Waals surface area (Å²) in [6, 6.07) is 12.2. The smallest absolute Gasteiger partial charge is 0.119 e. The molecule has 2 nitrogen and oxygen atoms in total. The van der Waals surface area contributed by atoms with Crippen LogP contribution < -0.4 is 4.74 Å². The van der Waals surface area contributed by atoms with Gasteiger partial charge in [0.1, 0.15) is 5.75 Å². The largest absolute Gasteiger partial charge is 0.494 e. The number of hydrogen-bond donors (Lipinski definition) is 0. The molecule has 0 bridgehead atoms. The summed E-state index contributed by atoms with van der Waals surface area (Å²) in [5.41, 5.74) is 3.39. The van der Waals surface area contributed by atoms with E-state index in [1.165, 1.54) is 11.1 Å². The summed E-state index contributed by atoms with van der Waals surface area (Å²) in [6.45, 7) is 8.70. The number of hydrogen-bond acceptors (Lipinski definition) is 2. The summed E-state index contributed by atoms with van der Waals surface area (Å²) < 4.78 is 5.41. The van der Waals surface area contributed by atoms with Crippen LogP contribution >= 0.6 is 0 Å². The van der Waals surface area contributed by atoms with E-state index in [9.17, 15) is 0 Å². The fraction of sp³-hybridized carbons (Fsp3) is 0.312. The molecule has 0 aliphatic rings. The average Bonchev–Trinajstić information content (AvgIpc) is 2.43. The molecule has 1 heterocycles. The lowest BCUT2D eigenvalue weighted by atomic mass is 10.0. The second-order valence-electron chi connectivity index (χ2n) is 3.59. The van der Waals surface area contributed by atoms with Gasteiger partial charge in [0.15, 0.2) is 0 Å². The zero-order valence-corrected chi connectivity index (χ0v) is 11.6. The molecule has 0 aliphatic carbocycles. The van der Waals surface area contributed by atoms with Crippen LogP contribution in [0.25, 0.3) is 11.1 Å². The van der Waals surface area contributed by atoms with Crippen molar-refractivity contribution >= 4 is 0 Å². The molecule has 0 atom stereocenters. The van der Waals surface area contributed by atoms with Crippen LogP contribution in [0.1, 0.15) is 26.5 Å². The maximum Gasteiger partial charge on any atom is 0.119 e. The van der Waals surface area contributed by atoms with Gasteiger partial charge in [-0.1, -0.05) is 32.0 Å². The summed E-state index contributed by atoms with van der Waals surface area (Å²) in [6.07, 6.45) is 1.81. The molecule has 2 aromatic rings. The molecule has 1 aromatic carbocycles. The number of nitrogens with zero attached hydrogens (tertiary/aromatic N) is 1. The SMILES string of the molecule is CC.CCOc1ccc(-c2cccnc2C)cc1. The van der Waals surface area contributed by atoms with Crippen LogP contribution in [-0.2, 0) is 0 Å². The Morgan fingerprint density at radius 1 is 1.06 bits per heavy atom. The van der Waals surface area contributed by atoms with E-state index >= 15 is 0 Å². The van der Waals surface area contributed by atoms with Crippen molar-refractivity contribution in [1.29, 1.82) is 0 Å². The molecule has 0 fully saturated rings. The highest BCUT2D eigenvalue weighted by atomic mass is 16.5. The lowest BCUT2D eigenvalue weighted by molar-refractivity contribution is 0.340. The van der Waals surface area contributed by atoms with Crippen molar-refractivity contribution in [3.63, 3.8) is 0 Å². The van der Waals surface area contributed by atoms with Gasteiger partial charge in [0.2, 0.25) is 0 Å². The number of benzene rings is 1. The predicted molar refractivity (Wildman–Crippen MR) is 76.9 cm³/mol. The van der Waals surface area contributed by atoms with Gasteiger partial charge in [-0.2, -0.15) is 0 Å². The molecule has 18 heavy (non-hydrogen) atoms. The van der Waals surface area contributed by atoms with Gasteiger partial charge in [-0.15, -0.1) is 0 Å². The number of rotatable bonds is 3. The maximum absolute atomic E-state index is 5.41. The van der Waals surface area contributed by atoms with Crippen molar-refractivity contribution < 1.29 is 4.74 Å². The molecule has 0 aliphatic heterocycles. The lowest BCUT2D eigenvalue weighted by Gasteiger charge is -2.06. The zero-order chi connectivity index (χ0) is 13.4. The first-order chi connectivity index (χ1) is 8.81. The molecular weight excluding hydrogens is 222 g/mol. The Hall–Kier alpha value is -1.83. The molecule has 0 N–H and O–H groups in total. The summed E-state index contributed by atoms with van der Waals surface area (Å²) in [7, 11) is 0. The molecule has 0 radical (unpaired) electrons. The first-order valence-electron chi connectivity index (χ1n) is 6.46. The third-order valence-corrected chi connectivity index (χ3v) is 2.48. The predicted octanol–water partition coefficient (Wildman–Crippen LogP) is 4.48. The topological polar surface area (TPSA) is 22.1 Å². The highest BCUT2D eigenvalue weighted by Gasteiger charge is 2.01. The van der Waals surface area contributed by atoms with E-state index in [2.05, 4.69) is 23.2 Å². The quantitative estimate of drug-likeness (QED) is 0.792. The van der Waals surface area contributed by atoms with Gasteiger partial charge in [-0.05, 0) is 37.6 Å². The van der Waals surface area contributed by atoms with Gasteiger partial charge < -0.3 is 4.74 Å². The molecule has 0 saturated carbocycles. The second kappa shape index (κ2) is 7.49. The van der Waals surface area contributed by atoms with Gasteiger partial charge in [-0.3, -0.25) is 4.98 Å². The molecule has 0 unspecified atom stereocenters. The van der Waals surface area contributed by atoms with E-state index in [0.717, 1.165) is 11.4 Å². The summed E-state index contributed by atoms with van der Waals surface area (Å²) in [4.78, 5) is 4.28. The van der Waals surface area contributed by atoms with Gasteiger partial charge in [0.05, 0.1) is 6.61 Å². The van der Waals surface area contributed by atoms with Gasteiger partial charge in [0, 0.05) is 17.5 Å². The Bertz CT molecular complexity index is 463. The molecule has 0 saturated heterocycles. The van der Waals surface area contributed by atoms with Crippen LogP contribution in [0, 0.1) is 6.92 Å². The highest BCUT2D eigenvalue weighted by Crippen LogP contribution is 2.23. The second-order valence-corrected chi connectivity index (χ2v) is 3.59. The normalized spacial score (nSPS) is 9.33. The Kier molecular flexibility index (Phi) is 5.92. The third kappa shape index (κ3) is 3.59. The van der Waals surface area contributed by atoms with Crippen molar-refractivity contribution in [3.05, 3.63) is 48.3 Å². The first-order valence-corrected chi connectivity index (χ1v) is 6.46. The van der Waals surface area contributed by atoms with E-state index in [4.69, 9.17) is 4.74 Å². The van der Waals surface area contributed by atoms with Crippen LogP contribution in [0.15, 0.2) is 42.6 Å². The maximum atomic E-state index is 5.41. The van der Waals surface area contributed by atoms with Crippen molar-refractivity contribution in [3.8, 4) is 16.9 Å². The van der Waals surface area contributed by atoms with E-state index < -0.39 is 0 Å². The summed E-state index contributed by atoms with van der Waals surface area (Å²) >= 11 is 0. The van der Waals surface area contributed by atoms with E-state index in [-0.39, 0.29) is 0 Å². The lowest BCUT2D eigenvalue weighted by Crippen LogP contribution is -1.91. The molecule has 0 spiro atoms. The van der Waals surface area contributed by atoms with E-state index in [1.807, 2.05) is 52.1 Å².